The predicted octanol–water partition coefficient (Wildman–Crippen LogP) is 5.94. The molecule has 6 heteroatoms. The number of benzene rings is 1. The van der Waals surface area contributed by atoms with Crippen LogP contribution >= 0.6 is 27.3 Å². The zero-order chi connectivity index (χ0) is 18.2. The van der Waals surface area contributed by atoms with E-state index in [0.717, 1.165) is 20.5 Å². The normalized spacial score (nSPS) is 16.9. The van der Waals surface area contributed by atoms with Crippen molar-refractivity contribution in [2.75, 3.05) is 6.54 Å². The highest BCUT2D eigenvalue weighted by molar-refractivity contribution is 9.10. The smallest absolute Gasteiger partial charge is 0.410 e. The number of carbonyl (C=O) groups is 1. The molecule has 2 heterocycles. The first kappa shape index (κ1) is 18.0. The van der Waals surface area contributed by atoms with Gasteiger partial charge in [-0.05, 0) is 44.0 Å². The first-order valence-corrected chi connectivity index (χ1v) is 9.62. The van der Waals surface area contributed by atoms with E-state index >= 15 is 0 Å². The third-order valence-electron chi connectivity index (χ3n) is 3.98. The Bertz CT molecular complexity index is 848. The van der Waals surface area contributed by atoms with Gasteiger partial charge in [-0.3, -0.25) is 0 Å². The van der Waals surface area contributed by atoms with Crippen LogP contribution in [0.25, 0.3) is 4.85 Å². The van der Waals surface area contributed by atoms with Gasteiger partial charge in [-0.1, -0.05) is 34.1 Å². The van der Waals surface area contributed by atoms with E-state index in [0.29, 0.717) is 18.1 Å². The van der Waals surface area contributed by atoms with Crippen LogP contribution in [0.5, 0.6) is 0 Å². The number of hydrogen-bond donors (Lipinski definition) is 0. The molecule has 1 aliphatic rings. The average Bonchev–Trinajstić information content (AvgIpc) is 2.96. The van der Waals surface area contributed by atoms with Gasteiger partial charge >= 0.3 is 6.09 Å². The van der Waals surface area contributed by atoms with Crippen LogP contribution in [0.3, 0.4) is 0 Å². The van der Waals surface area contributed by atoms with Gasteiger partial charge in [0.1, 0.15) is 5.60 Å². The van der Waals surface area contributed by atoms with Crippen LogP contribution in [-0.2, 0) is 11.3 Å². The van der Waals surface area contributed by atoms with Crippen LogP contribution in [0.1, 0.15) is 42.7 Å². The zero-order valence-electron chi connectivity index (χ0n) is 14.4. The highest BCUT2D eigenvalue weighted by Crippen LogP contribution is 2.43. The summed E-state index contributed by atoms with van der Waals surface area (Å²) in [6.45, 7) is 13.9. The van der Waals surface area contributed by atoms with Gasteiger partial charge in [0.05, 0.1) is 13.1 Å². The largest absolute Gasteiger partial charge is 0.444 e. The molecule has 130 valence electrons. The van der Waals surface area contributed by atoms with E-state index in [4.69, 9.17) is 11.3 Å². The Hall–Kier alpha value is -1.84. The maximum absolute atomic E-state index is 12.6. The fraction of sp³-hybridized carbons (Fsp3) is 0.368. The molecular formula is C19H19BrN2O2S. The summed E-state index contributed by atoms with van der Waals surface area (Å²) in [5.41, 5.74) is 1.73. The second kappa shape index (κ2) is 6.81. The molecule has 1 aliphatic heterocycles. The summed E-state index contributed by atoms with van der Waals surface area (Å²) in [4.78, 5) is 19.0. The molecule has 0 N–H and O–H groups in total. The van der Waals surface area contributed by atoms with E-state index in [1.54, 1.807) is 4.90 Å². The first-order valence-electron chi connectivity index (χ1n) is 8.01. The SMILES string of the molecule is [C-]#[N+]c1cc2c(s1)CN(C(=O)OC(C)(C)C)C[C@H]2c1ccccc1Br. The van der Waals surface area contributed by atoms with Gasteiger partial charge in [0.2, 0.25) is 5.00 Å². The van der Waals surface area contributed by atoms with Crippen LogP contribution in [0.15, 0.2) is 34.8 Å². The highest BCUT2D eigenvalue weighted by Gasteiger charge is 2.33. The van der Waals surface area contributed by atoms with Crippen molar-refractivity contribution in [1.29, 1.82) is 0 Å². The predicted molar refractivity (Wildman–Crippen MR) is 103 cm³/mol. The lowest BCUT2D eigenvalue weighted by Gasteiger charge is -2.35. The lowest BCUT2D eigenvalue weighted by atomic mass is 9.88. The van der Waals surface area contributed by atoms with Crippen molar-refractivity contribution in [3.63, 3.8) is 0 Å². The summed E-state index contributed by atoms with van der Waals surface area (Å²) in [7, 11) is 0. The van der Waals surface area contributed by atoms with Crippen molar-refractivity contribution >= 4 is 38.4 Å². The van der Waals surface area contributed by atoms with Crippen molar-refractivity contribution in [2.45, 2.75) is 38.8 Å². The number of thiophene rings is 1. The van der Waals surface area contributed by atoms with Crippen molar-refractivity contribution < 1.29 is 9.53 Å². The Balaban J connectivity index is 2.00. The Morgan fingerprint density at radius 1 is 1.36 bits per heavy atom. The van der Waals surface area contributed by atoms with E-state index in [2.05, 4.69) is 26.8 Å². The minimum Gasteiger partial charge on any atom is -0.444 e. The van der Waals surface area contributed by atoms with Crippen molar-refractivity contribution in [3.8, 4) is 0 Å². The molecule has 0 saturated carbocycles. The van der Waals surface area contributed by atoms with Gasteiger partial charge in [-0.15, -0.1) is 0 Å². The average molecular weight is 419 g/mol. The molecule has 1 atom stereocenters. The van der Waals surface area contributed by atoms with Gasteiger partial charge in [-0.25, -0.2) is 9.64 Å². The summed E-state index contributed by atoms with van der Waals surface area (Å²) >= 11 is 5.08. The summed E-state index contributed by atoms with van der Waals surface area (Å²) in [5.74, 6) is 0.0265. The standard InChI is InChI=1S/C19H19BrN2O2S/c1-19(2,3)24-18(23)22-10-14(12-7-5-6-8-15(12)20)13-9-17(21-4)25-16(13)11-22/h5-9,14H,10-11H2,1-3H3/t14-/m0/s1. The maximum Gasteiger partial charge on any atom is 0.410 e. The molecule has 1 aromatic carbocycles. The van der Waals surface area contributed by atoms with Gasteiger partial charge in [-0.2, -0.15) is 11.3 Å². The fourth-order valence-corrected chi connectivity index (χ4v) is 4.53. The van der Waals surface area contributed by atoms with Crippen LogP contribution < -0.4 is 0 Å². The number of ether oxygens (including phenoxy) is 1. The maximum atomic E-state index is 12.6. The molecule has 1 amide bonds. The highest BCUT2D eigenvalue weighted by atomic mass is 79.9. The van der Waals surface area contributed by atoms with Crippen LogP contribution in [0.2, 0.25) is 0 Å². The molecule has 0 spiro atoms. The molecular weight excluding hydrogens is 400 g/mol. The van der Waals surface area contributed by atoms with Crippen molar-refractivity contribution in [3.05, 3.63) is 62.2 Å². The number of amides is 1. The van der Waals surface area contributed by atoms with E-state index in [1.807, 2.05) is 45.0 Å². The zero-order valence-corrected chi connectivity index (χ0v) is 16.8. The summed E-state index contributed by atoms with van der Waals surface area (Å²) in [6.07, 6.45) is -0.312. The van der Waals surface area contributed by atoms with Crippen molar-refractivity contribution in [2.24, 2.45) is 0 Å². The molecule has 0 saturated heterocycles. The number of carbonyl (C=O) groups excluding carboxylic acids is 1. The lowest BCUT2D eigenvalue weighted by molar-refractivity contribution is 0.0216. The Morgan fingerprint density at radius 2 is 2.08 bits per heavy atom. The van der Waals surface area contributed by atoms with E-state index in [1.165, 1.54) is 11.3 Å². The second-order valence-corrected chi connectivity index (χ2v) is 8.98. The molecule has 2 aromatic rings. The molecule has 25 heavy (non-hydrogen) atoms. The fourth-order valence-electron chi connectivity index (χ4n) is 2.95. The Labute approximate surface area is 160 Å². The number of rotatable bonds is 1. The Morgan fingerprint density at radius 3 is 2.72 bits per heavy atom. The minimum absolute atomic E-state index is 0.0265. The van der Waals surface area contributed by atoms with Crippen LogP contribution in [-0.4, -0.2) is 23.1 Å². The third kappa shape index (κ3) is 3.88. The molecule has 0 unspecified atom stereocenters. The third-order valence-corrected chi connectivity index (χ3v) is 5.74. The number of nitrogens with zero attached hydrogens (tertiary/aromatic N) is 2. The quantitative estimate of drug-likeness (QED) is 0.536. The van der Waals surface area contributed by atoms with Gasteiger partial charge in [0.25, 0.3) is 0 Å². The second-order valence-electron chi connectivity index (χ2n) is 7.01. The first-order chi connectivity index (χ1) is 11.8. The minimum atomic E-state index is -0.530. The molecule has 1 aromatic heterocycles. The van der Waals surface area contributed by atoms with Gasteiger partial charge in [0.15, 0.2) is 0 Å². The molecule has 0 fully saturated rings. The van der Waals surface area contributed by atoms with E-state index < -0.39 is 5.60 Å². The summed E-state index contributed by atoms with van der Waals surface area (Å²) < 4.78 is 6.57. The van der Waals surface area contributed by atoms with Crippen molar-refractivity contribution in [1.82, 2.24) is 4.90 Å². The molecule has 0 radical (unpaired) electrons. The van der Waals surface area contributed by atoms with E-state index in [-0.39, 0.29) is 12.0 Å². The number of fused-ring (bicyclic) bond motifs is 1. The summed E-state index contributed by atoms with van der Waals surface area (Å²) in [5, 5.41) is 0.660. The van der Waals surface area contributed by atoms with Crippen LogP contribution in [0, 0.1) is 6.57 Å². The number of hydrogen-bond acceptors (Lipinski definition) is 3. The van der Waals surface area contributed by atoms with Gasteiger partial charge < -0.3 is 9.64 Å². The summed E-state index contributed by atoms with van der Waals surface area (Å²) in [6, 6.07) is 9.99. The Kier molecular flexibility index (Phi) is 4.90. The lowest BCUT2D eigenvalue weighted by Crippen LogP contribution is -2.41. The molecule has 0 aliphatic carbocycles. The number of halogens is 1. The topological polar surface area (TPSA) is 33.9 Å². The van der Waals surface area contributed by atoms with E-state index in [9.17, 15) is 4.79 Å². The molecule has 3 rings (SSSR count). The monoisotopic (exact) mass is 418 g/mol. The van der Waals surface area contributed by atoms with Gasteiger partial charge in [0, 0.05) is 21.8 Å². The molecule has 0 bridgehead atoms. The van der Waals surface area contributed by atoms with Crippen LogP contribution in [0.4, 0.5) is 9.80 Å². The molecule has 4 nitrogen and oxygen atoms in total.